The van der Waals surface area contributed by atoms with E-state index in [1.807, 2.05) is 6.26 Å². The van der Waals surface area contributed by atoms with Crippen LogP contribution in [0, 0.1) is 0 Å². The molecule has 6 nitrogen and oxygen atoms in total. The first-order valence-corrected chi connectivity index (χ1v) is 6.51. The second kappa shape index (κ2) is 7.05. The number of ether oxygens (including phenoxy) is 2. The second-order valence-corrected chi connectivity index (χ2v) is 4.33. The van der Waals surface area contributed by atoms with Crippen molar-refractivity contribution in [1.29, 1.82) is 0 Å². The Hall–Kier alpha value is -1.37. The Bertz CT molecular complexity index is 318. The molecule has 1 amide bonds. The van der Waals surface area contributed by atoms with Crippen LogP contribution in [0.5, 0.6) is 0 Å². The van der Waals surface area contributed by atoms with Crippen LogP contribution in [0.2, 0.25) is 0 Å². The Balaban J connectivity index is 2.51. The lowest BCUT2D eigenvalue weighted by Crippen LogP contribution is -2.42. The van der Waals surface area contributed by atoms with Gasteiger partial charge in [-0.3, -0.25) is 4.79 Å². The van der Waals surface area contributed by atoms with E-state index in [2.05, 4.69) is 5.32 Å². The average Bonchev–Trinajstić information content (AvgIpc) is 2.35. The van der Waals surface area contributed by atoms with E-state index in [4.69, 9.17) is 14.6 Å². The van der Waals surface area contributed by atoms with Crippen LogP contribution >= 0.6 is 11.8 Å². The summed E-state index contributed by atoms with van der Waals surface area (Å²) >= 11 is 1.52. The van der Waals surface area contributed by atoms with E-state index in [0.717, 1.165) is 0 Å². The Morgan fingerprint density at radius 1 is 1.59 bits per heavy atom. The quantitative estimate of drug-likeness (QED) is 0.710. The molecule has 0 aromatic carbocycles. The molecule has 1 aliphatic rings. The van der Waals surface area contributed by atoms with Crippen LogP contribution in [-0.4, -0.2) is 48.2 Å². The van der Waals surface area contributed by atoms with Crippen LogP contribution < -0.4 is 5.32 Å². The molecule has 1 aliphatic heterocycles. The minimum atomic E-state index is -1.05. The monoisotopic (exact) mass is 261 g/mol. The van der Waals surface area contributed by atoms with Crippen molar-refractivity contribution in [3.63, 3.8) is 0 Å². The molecule has 0 unspecified atom stereocenters. The first kappa shape index (κ1) is 13.7. The predicted octanol–water partition coefficient (Wildman–Crippen LogP) is 0.197. The number of hydrogen-bond donors (Lipinski definition) is 2. The summed E-state index contributed by atoms with van der Waals surface area (Å²) in [7, 11) is 0. The molecule has 0 saturated heterocycles. The fraction of sp³-hybridized carbons (Fsp3) is 0.600. The first-order chi connectivity index (χ1) is 8.15. The van der Waals surface area contributed by atoms with E-state index in [1.165, 1.54) is 18.0 Å². The number of nitrogens with one attached hydrogen (secondary N) is 1. The van der Waals surface area contributed by atoms with Gasteiger partial charge in [0.2, 0.25) is 5.76 Å². The van der Waals surface area contributed by atoms with Crippen LogP contribution in [0.3, 0.4) is 0 Å². The van der Waals surface area contributed by atoms with Crippen LogP contribution in [-0.2, 0) is 19.1 Å². The summed E-state index contributed by atoms with van der Waals surface area (Å²) in [5.74, 6) is -0.928. The molecule has 0 bridgehead atoms. The number of amides is 1. The third kappa shape index (κ3) is 4.56. The fourth-order valence-electron chi connectivity index (χ4n) is 1.21. The van der Waals surface area contributed by atoms with Gasteiger partial charge in [0.15, 0.2) is 0 Å². The number of carboxylic acids is 1. The number of hydrogen-bond acceptors (Lipinski definition) is 5. The van der Waals surface area contributed by atoms with Crippen LogP contribution in [0.1, 0.15) is 6.42 Å². The molecule has 0 spiro atoms. The summed E-state index contributed by atoms with van der Waals surface area (Å²) in [6.45, 7) is 0.688. The van der Waals surface area contributed by atoms with Gasteiger partial charge >= 0.3 is 5.97 Å². The normalized spacial score (nSPS) is 16.2. The van der Waals surface area contributed by atoms with Gasteiger partial charge in [0, 0.05) is 0 Å². The molecule has 17 heavy (non-hydrogen) atoms. The van der Waals surface area contributed by atoms with E-state index in [0.29, 0.717) is 25.4 Å². The van der Waals surface area contributed by atoms with E-state index >= 15 is 0 Å². The van der Waals surface area contributed by atoms with Crippen molar-refractivity contribution in [1.82, 2.24) is 5.32 Å². The minimum Gasteiger partial charge on any atom is -0.494 e. The summed E-state index contributed by atoms with van der Waals surface area (Å²) in [6, 6.07) is -0.902. The van der Waals surface area contributed by atoms with E-state index in [-0.39, 0.29) is 5.76 Å². The molecule has 0 aromatic heterocycles. The third-order valence-corrected chi connectivity index (χ3v) is 2.73. The van der Waals surface area contributed by atoms with E-state index in [9.17, 15) is 9.59 Å². The fourth-order valence-corrected chi connectivity index (χ4v) is 1.68. The molecule has 1 atom stereocenters. The molecular formula is C10H15NO5S. The highest BCUT2D eigenvalue weighted by atomic mass is 32.2. The molecule has 0 saturated carbocycles. The number of thioether (sulfide) groups is 1. The van der Waals surface area contributed by atoms with Gasteiger partial charge in [0.1, 0.15) is 25.5 Å². The van der Waals surface area contributed by atoms with Gasteiger partial charge in [-0.25, -0.2) is 4.79 Å². The largest absolute Gasteiger partial charge is 0.494 e. The number of carboxylic acid groups (broad SMARTS) is 1. The Kier molecular flexibility index (Phi) is 5.68. The van der Waals surface area contributed by atoms with Gasteiger partial charge in [-0.1, -0.05) is 0 Å². The molecular weight excluding hydrogens is 246 g/mol. The third-order valence-electron chi connectivity index (χ3n) is 2.09. The maximum Gasteiger partial charge on any atom is 0.326 e. The van der Waals surface area contributed by atoms with Crippen LogP contribution in [0.15, 0.2) is 12.0 Å². The Labute approximate surface area is 103 Å². The lowest BCUT2D eigenvalue weighted by molar-refractivity contribution is -0.141. The molecule has 0 fully saturated rings. The molecule has 1 rings (SSSR count). The van der Waals surface area contributed by atoms with Gasteiger partial charge < -0.3 is 19.9 Å². The SMILES string of the molecule is CSCC[C@@H](NC(=O)C1=COCCO1)C(=O)O. The van der Waals surface area contributed by atoms with Crippen molar-refractivity contribution in [2.75, 3.05) is 25.2 Å². The summed E-state index contributed by atoms with van der Waals surface area (Å²) < 4.78 is 9.98. The zero-order valence-corrected chi connectivity index (χ0v) is 10.3. The van der Waals surface area contributed by atoms with Gasteiger partial charge in [0.05, 0.1) is 0 Å². The standard InChI is InChI=1S/C10H15NO5S/c1-17-5-2-7(10(13)14)11-9(12)8-6-15-3-4-16-8/h6-7H,2-5H2,1H3,(H,11,12)(H,13,14)/t7-/m1/s1. The zero-order chi connectivity index (χ0) is 12.7. The maximum absolute atomic E-state index is 11.6. The van der Waals surface area contributed by atoms with Crippen molar-refractivity contribution in [3.05, 3.63) is 12.0 Å². The van der Waals surface area contributed by atoms with Gasteiger partial charge in [-0.2, -0.15) is 11.8 Å². The van der Waals surface area contributed by atoms with Crippen molar-refractivity contribution >= 4 is 23.6 Å². The highest BCUT2D eigenvalue weighted by Crippen LogP contribution is 2.06. The summed E-state index contributed by atoms with van der Waals surface area (Å²) in [6.07, 6.45) is 3.45. The number of carbonyl (C=O) groups excluding carboxylic acids is 1. The second-order valence-electron chi connectivity index (χ2n) is 3.35. The number of aliphatic carboxylic acids is 1. The van der Waals surface area contributed by atoms with Crippen molar-refractivity contribution in [2.24, 2.45) is 0 Å². The molecule has 0 radical (unpaired) electrons. The molecule has 0 aliphatic carbocycles. The molecule has 96 valence electrons. The topological polar surface area (TPSA) is 84.9 Å². The summed E-state index contributed by atoms with van der Waals surface area (Å²) in [5, 5.41) is 11.3. The molecule has 1 heterocycles. The highest BCUT2D eigenvalue weighted by Gasteiger charge is 2.23. The smallest absolute Gasteiger partial charge is 0.326 e. The number of carbonyl (C=O) groups is 2. The van der Waals surface area contributed by atoms with Crippen molar-refractivity contribution < 1.29 is 24.2 Å². The first-order valence-electron chi connectivity index (χ1n) is 5.12. The van der Waals surface area contributed by atoms with E-state index in [1.54, 1.807) is 0 Å². The lowest BCUT2D eigenvalue weighted by Gasteiger charge is -2.18. The Morgan fingerprint density at radius 3 is 2.88 bits per heavy atom. The van der Waals surface area contributed by atoms with Gasteiger partial charge in [-0.15, -0.1) is 0 Å². The van der Waals surface area contributed by atoms with Crippen molar-refractivity contribution in [3.8, 4) is 0 Å². The summed E-state index contributed by atoms with van der Waals surface area (Å²) in [4.78, 5) is 22.5. The van der Waals surface area contributed by atoms with Crippen molar-refractivity contribution in [2.45, 2.75) is 12.5 Å². The minimum absolute atomic E-state index is 0.0200. The highest BCUT2D eigenvalue weighted by molar-refractivity contribution is 7.98. The average molecular weight is 261 g/mol. The predicted molar refractivity (Wildman–Crippen MR) is 62.6 cm³/mol. The van der Waals surface area contributed by atoms with Gasteiger partial charge in [-0.05, 0) is 18.4 Å². The van der Waals surface area contributed by atoms with E-state index < -0.39 is 17.9 Å². The summed E-state index contributed by atoms with van der Waals surface area (Å²) in [5.41, 5.74) is 0. The zero-order valence-electron chi connectivity index (χ0n) is 9.47. The molecule has 0 aromatic rings. The lowest BCUT2D eigenvalue weighted by atomic mass is 10.2. The molecule has 2 N–H and O–H groups in total. The molecule has 7 heteroatoms. The van der Waals surface area contributed by atoms with Gasteiger partial charge in [0.25, 0.3) is 5.91 Å². The maximum atomic E-state index is 11.6. The van der Waals surface area contributed by atoms with Crippen LogP contribution in [0.25, 0.3) is 0 Å². The van der Waals surface area contributed by atoms with Crippen LogP contribution in [0.4, 0.5) is 0 Å². The Morgan fingerprint density at radius 2 is 2.35 bits per heavy atom. The number of rotatable bonds is 6.